The van der Waals surface area contributed by atoms with Crippen LogP contribution in [0.1, 0.15) is 24.8 Å². The summed E-state index contributed by atoms with van der Waals surface area (Å²) in [4.78, 5) is 32.2. The largest absolute Gasteiger partial charge is 0.378 e. The van der Waals surface area contributed by atoms with Crippen molar-refractivity contribution in [3.8, 4) is 0 Å². The van der Waals surface area contributed by atoms with Gasteiger partial charge in [-0.1, -0.05) is 41.6 Å². The number of rotatable bonds is 9. The van der Waals surface area contributed by atoms with Crippen LogP contribution in [0.3, 0.4) is 0 Å². The second kappa shape index (κ2) is 13.2. The summed E-state index contributed by atoms with van der Waals surface area (Å²) in [5.74, 6) is -0.965. The minimum absolute atomic E-state index is 0.0811. The van der Waals surface area contributed by atoms with Gasteiger partial charge >= 0.3 is 0 Å². The number of anilines is 2. The number of aromatic nitrogens is 3. The highest BCUT2D eigenvalue weighted by Gasteiger charge is 2.37. The summed E-state index contributed by atoms with van der Waals surface area (Å²) in [6, 6.07) is 20.5. The van der Waals surface area contributed by atoms with E-state index in [1.54, 1.807) is 21.7 Å². The Morgan fingerprint density at radius 3 is 2.51 bits per heavy atom. The van der Waals surface area contributed by atoms with Gasteiger partial charge in [-0.05, 0) is 79.3 Å². The summed E-state index contributed by atoms with van der Waals surface area (Å²) in [6.07, 6.45) is 6.47. The van der Waals surface area contributed by atoms with E-state index in [1.807, 2.05) is 48.5 Å². The molecule has 2 aliphatic rings. The SMILES string of the molecule is O=C(Nc1ccc(N2CCOCC2)cc1)[C@H]([C@@H]1CC=CCC1)N(Cc1ccc(F)cc1)C(=O)Cn1nnc2ccccc21. The second-order valence-corrected chi connectivity index (χ2v) is 11.0. The lowest BCUT2D eigenvalue weighted by molar-refractivity contribution is -0.142. The van der Waals surface area contributed by atoms with Crippen LogP contribution in [0, 0.1) is 11.7 Å². The molecule has 9 nitrogen and oxygen atoms in total. The van der Waals surface area contributed by atoms with Crippen LogP contribution in [-0.2, 0) is 27.4 Å². The van der Waals surface area contributed by atoms with Crippen LogP contribution in [0.2, 0.25) is 0 Å². The molecule has 0 radical (unpaired) electrons. The first-order valence-corrected chi connectivity index (χ1v) is 14.8. The molecule has 1 fully saturated rings. The molecule has 1 N–H and O–H groups in total. The fourth-order valence-electron chi connectivity index (χ4n) is 5.89. The molecule has 43 heavy (non-hydrogen) atoms. The Hall–Kier alpha value is -4.57. The number of nitrogens with zero attached hydrogens (tertiary/aromatic N) is 5. The summed E-state index contributed by atoms with van der Waals surface area (Å²) in [5, 5.41) is 11.5. The van der Waals surface area contributed by atoms with Crippen molar-refractivity contribution in [3.05, 3.63) is 96.3 Å². The van der Waals surface area contributed by atoms with Gasteiger partial charge < -0.3 is 19.9 Å². The van der Waals surface area contributed by atoms with Gasteiger partial charge in [0.05, 0.1) is 18.7 Å². The molecule has 6 rings (SSSR count). The number of halogens is 1. The Balaban J connectivity index is 1.29. The van der Waals surface area contributed by atoms with Gasteiger partial charge in [0, 0.05) is 31.0 Å². The van der Waals surface area contributed by atoms with Crippen molar-refractivity contribution in [1.82, 2.24) is 19.9 Å². The van der Waals surface area contributed by atoms with E-state index in [0.717, 1.165) is 42.7 Å². The smallest absolute Gasteiger partial charge is 0.247 e. The minimum Gasteiger partial charge on any atom is -0.378 e. The number of carbonyl (C=O) groups excluding carboxylic acids is 2. The molecular weight excluding hydrogens is 547 g/mol. The molecule has 4 aromatic rings. The van der Waals surface area contributed by atoms with Crippen molar-refractivity contribution in [1.29, 1.82) is 0 Å². The Morgan fingerprint density at radius 2 is 1.77 bits per heavy atom. The topological polar surface area (TPSA) is 92.6 Å². The fourth-order valence-corrected chi connectivity index (χ4v) is 5.89. The van der Waals surface area contributed by atoms with Gasteiger partial charge in [-0.3, -0.25) is 9.59 Å². The van der Waals surface area contributed by atoms with Gasteiger partial charge in [0.2, 0.25) is 11.8 Å². The number of morpholine rings is 1. The van der Waals surface area contributed by atoms with Crippen LogP contribution in [0.25, 0.3) is 11.0 Å². The van der Waals surface area contributed by atoms with Crippen molar-refractivity contribution in [3.63, 3.8) is 0 Å². The lowest BCUT2D eigenvalue weighted by atomic mass is 9.85. The number of allylic oxidation sites excluding steroid dienone is 2. The van der Waals surface area contributed by atoms with Crippen LogP contribution < -0.4 is 10.2 Å². The van der Waals surface area contributed by atoms with Gasteiger partial charge in [0.1, 0.15) is 23.9 Å². The lowest BCUT2D eigenvalue weighted by Gasteiger charge is -2.37. The van der Waals surface area contributed by atoms with Gasteiger partial charge in [0.15, 0.2) is 0 Å². The molecule has 2 heterocycles. The van der Waals surface area contributed by atoms with Gasteiger partial charge in [-0.25, -0.2) is 9.07 Å². The molecule has 0 spiro atoms. The monoisotopic (exact) mass is 582 g/mol. The Morgan fingerprint density at radius 1 is 1.00 bits per heavy atom. The average molecular weight is 583 g/mol. The van der Waals surface area contributed by atoms with Crippen molar-refractivity contribution < 1.29 is 18.7 Å². The summed E-state index contributed by atoms with van der Waals surface area (Å²) in [6.45, 7) is 3.11. The molecule has 10 heteroatoms. The Labute approximate surface area is 249 Å². The first-order valence-electron chi connectivity index (χ1n) is 14.8. The highest BCUT2D eigenvalue weighted by Crippen LogP contribution is 2.29. The number of ether oxygens (including phenoxy) is 1. The van der Waals surface area contributed by atoms with Crippen LogP contribution in [0.15, 0.2) is 84.9 Å². The number of hydrogen-bond acceptors (Lipinski definition) is 6. The van der Waals surface area contributed by atoms with E-state index in [9.17, 15) is 14.0 Å². The quantitative estimate of drug-likeness (QED) is 0.285. The van der Waals surface area contributed by atoms with E-state index in [-0.39, 0.29) is 36.6 Å². The maximum atomic E-state index is 14.2. The minimum atomic E-state index is -0.754. The van der Waals surface area contributed by atoms with Gasteiger partial charge in [-0.15, -0.1) is 5.10 Å². The molecule has 0 saturated carbocycles. The normalized spacial score (nSPS) is 17.5. The number of benzene rings is 3. The predicted octanol–water partition coefficient (Wildman–Crippen LogP) is 4.80. The standard InChI is InChI=1S/C33H35FN6O3/c34-26-12-10-24(11-13-26)22-39(31(41)23-40-30-9-5-4-8-29(30)36-37-40)32(25-6-2-1-3-7-25)33(42)35-27-14-16-28(17-15-27)38-18-20-43-21-19-38/h1-2,4-5,8-17,25,32H,3,6-7,18-23H2,(H,35,42)/t25-,32+/m1/s1. The number of fused-ring (bicyclic) bond motifs is 1. The average Bonchev–Trinajstić information content (AvgIpc) is 3.45. The third kappa shape index (κ3) is 6.75. The van der Waals surface area contributed by atoms with E-state index in [2.05, 4.69) is 32.7 Å². The summed E-state index contributed by atoms with van der Waals surface area (Å²) in [5.41, 5.74) is 3.89. The molecular formula is C33H35FN6O3. The van der Waals surface area contributed by atoms with Crippen molar-refractivity contribution in [2.45, 2.75) is 38.4 Å². The van der Waals surface area contributed by atoms with Crippen LogP contribution in [0.4, 0.5) is 15.8 Å². The zero-order chi connectivity index (χ0) is 29.6. The van der Waals surface area contributed by atoms with Crippen molar-refractivity contribution in [2.75, 3.05) is 36.5 Å². The summed E-state index contributed by atoms with van der Waals surface area (Å²) >= 11 is 0. The van der Waals surface area contributed by atoms with E-state index < -0.39 is 6.04 Å². The number of nitrogens with one attached hydrogen (secondary N) is 1. The maximum Gasteiger partial charge on any atom is 0.247 e. The molecule has 222 valence electrons. The Bertz CT molecular complexity index is 1580. The molecule has 0 unspecified atom stereocenters. The number of para-hydroxylation sites is 1. The zero-order valence-corrected chi connectivity index (χ0v) is 23.9. The number of amides is 2. The fraction of sp³-hybridized carbons (Fsp3) is 0.333. The van der Waals surface area contributed by atoms with Crippen molar-refractivity contribution in [2.24, 2.45) is 5.92 Å². The number of hydrogen-bond donors (Lipinski definition) is 1. The van der Waals surface area contributed by atoms with Gasteiger partial charge in [-0.2, -0.15) is 0 Å². The van der Waals surface area contributed by atoms with E-state index in [1.165, 1.54) is 12.1 Å². The number of carbonyl (C=O) groups is 2. The maximum absolute atomic E-state index is 14.2. The molecule has 1 aromatic heterocycles. The molecule has 1 aliphatic carbocycles. The van der Waals surface area contributed by atoms with Crippen LogP contribution in [0.5, 0.6) is 0 Å². The molecule has 0 bridgehead atoms. The molecule has 3 aromatic carbocycles. The zero-order valence-electron chi connectivity index (χ0n) is 23.9. The van der Waals surface area contributed by atoms with Gasteiger partial charge in [0.25, 0.3) is 0 Å². The summed E-state index contributed by atoms with van der Waals surface area (Å²) in [7, 11) is 0. The highest BCUT2D eigenvalue weighted by molar-refractivity contribution is 5.97. The van der Waals surface area contributed by atoms with E-state index in [0.29, 0.717) is 30.8 Å². The van der Waals surface area contributed by atoms with E-state index >= 15 is 0 Å². The van der Waals surface area contributed by atoms with E-state index in [4.69, 9.17) is 4.74 Å². The Kier molecular flexibility index (Phi) is 8.74. The third-order valence-corrected chi connectivity index (χ3v) is 8.16. The molecule has 1 aliphatic heterocycles. The second-order valence-electron chi connectivity index (χ2n) is 11.0. The molecule has 2 amide bonds. The highest BCUT2D eigenvalue weighted by atomic mass is 19.1. The summed E-state index contributed by atoms with van der Waals surface area (Å²) < 4.78 is 20.8. The third-order valence-electron chi connectivity index (χ3n) is 8.16. The van der Waals surface area contributed by atoms with Crippen molar-refractivity contribution >= 4 is 34.2 Å². The molecule has 1 saturated heterocycles. The van der Waals surface area contributed by atoms with Crippen LogP contribution in [-0.4, -0.2) is 64.1 Å². The first-order chi connectivity index (χ1) is 21.0. The first kappa shape index (κ1) is 28.5. The predicted molar refractivity (Wildman–Crippen MR) is 163 cm³/mol. The van der Waals surface area contributed by atoms with Crippen LogP contribution >= 0.6 is 0 Å². The molecule has 2 atom stereocenters. The lowest BCUT2D eigenvalue weighted by Crippen LogP contribution is -2.52.